The van der Waals surface area contributed by atoms with Crippen molar-refractivity contribution in [1.82, 2.24) is 0 Å². The lowest BCUT2D eigenvalue weighted by molar-refractivity contribution is 0.0601. The maximum atomic E-state index is 12.7. The van der Waals surface area contributed by atoms with Gasteiger partial charge in [-0.1, -0.05) is 23.2 Å². The Morgan fingerprint density at radius 1 is 1.09 bits per heavy atom. The van der Waals surface area contributed by atoms with Crippen LogP contribution in [0.2, 0.25) is 10.0 Å². The molecule has 5 nitrogen and oxygen atoms in total. The Kier molecular flexibility index (Phi) is 5.19. The molecule has 122 valence electrons. The molecule has 0 radical (unpaired) electrons. The van der Waals surface area contributed by atoms with E-state index >= 15 is 0 Å². The maximum absolute atomic E-state index is 12.7. The first-order valence-electron chi connectivity index (χ1n) is 6.39. The van der Waals surface area contributed by atoms with Gasteiger partial charge in [0.15, 0.2) is 0 Å². The fraction of sp³-hybridized carbons (Fsp3) is 0.133. The van der Waals surface area contributed by atoms with Crippen molar-refractivity contribution in [3.63, 3.8) is 0 Å². The second kappa shape index (κ2) is 6.78. The number of methoxy groups -OCH3 is 1. The van der Waals surface area contributed by atoms with Crippen LogP contribution in [-0.2, 0) is 14.8 Å². The number of hydrogen-bond donors (Lipinski definition) is 0. The molecule has 0 unspecified atom stereocenters. The molecule has 0 aliphatic carbocycles. The van der Waals surface area contributed by atoms with E-state index in [9.17, 15) is 13.2 Å². The first-order valence-corrected chi connectivity index (χ1v) is 8.59. The van der Waals surface area contributed by atoms with E-state index in [2.05, 4.69) is 4.74 Å². The number of anilines is 1. The van der Waals surface area contributed by atoms with Crippen LogP contribution in [-0.4, -0.2) is 28.5 Å². The number of nitrogens with zero attached hydrogens (tertiary/aromatic N) is 1. The molecule has 8 heteroatoms. The lowest BCUT2D eigenvalue weighted by atomic mass is 10.2. The summed E-state index contributed by atoms with van der Waals surface area (Å²) in [6, 6.07) is 10.0. The largest absolute Gasteiger partial charge is 0.465 e. The van der Waals surface area contributed by atoms with Crippen molar-refractivity contribution < 1.29 is 17.9 Å². The van der Waals surface area contributed by atoms with Crippen molar-refractivity contribution in [1.29, 1.82) is 0 Å². The van der Waals surface area contributed by atoms with Crippen LogP contribution in [0.25, 0.3) is 0 Å². The van der Waals surface area contributed by atoms with Crippen LogP contribution in [0.4, 0.5) is 5.69 Å². The fourth-order valence-corrected chi connectivity index (χ4v) is 3.52. The van der Waals surface area contributed by atoms with E-state index in [0.717, 1.165) is 4.31 Å². The zero-order valence-corrected chi connectivity index (χ0v) is 14.6. The quantitative estimate of drug-likeness (QED) is 0.767. The molecule has 0 atom stereocenters. The number of sulfonamides is 1. The van der Waals surface area contributed by atoms with E-state index in [4.69, 9.17) is 23.2 Å². The normalized spacial score (nSPS) is 11.1. The molecule has 0 fully saturated rings. The number of carbonyl (C=O) groups excluding carboxylic acids is 1. The van der Waals surface area contributed by atoms with Gasteiger partial charge in [-0.25, -0.2) is 13.2 Å². The molecule has 0 N–H and O–H groups in total. The molecule has 0 aliphatic heterocycles. The summed E-state index contributed by atoms with van der Waals surface area (Å²) in [6.07, 6.45) is 0. The van der Waals surface area contributed by atoms with Gasteiger partial charge in [0.25, 0.3) is 10.0 Å². The first-order chi connectivity index (χ1) is 10.8. The predicted octanol–water partition coefficient (Wildman–Crippen LogP) is 3.61. The van der Waals surface area contributed by atoms with Crippen molar-refractivity contribution in [2.75, 3.05) is 18.5 Å². The minimum Gasteiger partial charge on any atom is -0.465 e. The average molecular weight is 374 g/mol. The first kappa shape index (κ1) is 17.6. The third-order valence-electron chi connectivity index (χ3n) is 3.18. The summed E-state index contributed by atoms with van der Waals surface area (Å²) in [5.74, 6) is -0.583. The number of rotatable bonds is 4. The Balaban J connectivity index is 2.48. The molecule has 0 bridgehead atoms. The Labute approximate surface area is 144 Å². The third-order valence-corrected chi connectivity index (χ3v) is 5.54. The van der Waals surface area contributed by atoms with Crippen LogP contribution in [0.15, 0.2) is 47.4 Å². The Hall–Kier alpha value is -1.76. The van der Waals surface area contributed by atoms with Crippen molar-refractivity contribution in [2.24, 2.45) is 0 Å². The highest BCUT2D eigenvalue weighted by atomic mass is 35.5. The summed E-state index contributed by atoms with van der Waals surface area (Å²) in [5, 5.41) is 0.620. The second-order valence-corrected chi connectivity index (χ2v) is 7.40. The van der Waals surface area contributed by atoms with Crippen LogP contribution < -0.4 is 4.31 Å². The Morgan fingerprint density at radius 3 is 2.26 bits per heavy atom. The number of ether oxygens (including phenoxy) is 1. The molecule has 0 spiro atoms. The van der Waals surface area contributed by atoms with Gasteiger partial charge < -0.3 is 4.74 Å². The molecule has 2 aromatic rings. The molecule has 2 rings (SSSR count). The third kappa shape index (κ3) is 3.60. The highest BCUT2D eigenvalue weighted by Gasteiger charge is 2.24. The molecule has 0 heterocycles. The molecule has 0 amide bonds. The van der Waals surface area contributed by atoms with E-state index < -0.39 is 16.0 Å². The molecular weight excluding hydrogens is 361 g/mol. The minimum atomic E-state index is -3.84. The molecular formula is C15H13Cl2NO4S. The number of halogens is 2. The second-order valence-electron chi connectivity index (χ2n) is 4.58. The number of benzene rings is 2. The highest BCUT2D eigenvalue weighted by molar-refractivity contribution is 7.92. The van der Waals surface area contributed by atoms with Gasteiger partial charge in [-0.3, -0.25) is 4.31 Å². The SMILES string of the molecule is COC(=O)c1ccc(Cl)c(N(C)S(=O)(=O)c2ccc(Cl)cc2)c1. The van der Waals surface area contributed by atoms with Crippen LogP contribution in [0.3, 0.4) is 0 Å². The topological polar surface area (TPSA) is 63.7 Å². The minimum absolute atomic E-state index is 0.0592. The van der Waals surface area contributed by atoms with Crippen LogP contribution in [0.1, 0.15) is 10.4 Å². The van der Waals surface area contributed by atoms with Crippen LogP contribution in [0.5, 0.6) is 0 Å². The monoisotopic (exact) mass is 373 g/mol. The zero-order chi connectivity index (χ0) is 17.2. The Morgan fingerprint density at radius 2 is 1.70 bits per heavy atom. The van der Waals surface area contributed by atoms with Crippen molar-refractivity contribution in [3.05, 3.63) is 58.1 Å². The summed E-state index contributed by atoms with van der Waals surface area (Å²) >= 11 is 11.9. The van der Waals surface area contributed by atoms with Crippen molar-refractivity contribution in [3.8, 4) is 0 Å². The van der Waals surface area contributed by atoms with E-state index in [1.165, 1.54) is 56.6 Å². The molecule has 0 aliphatic rings. The average Bonchev–Trinajstić information content (AvgIpc) is 2.54. The van der Waals surface area contributed by atoms with Crippen molar-refractivity contribution in [2.45, 2.75) is 4.90 Å². The van der Waals surface area contributed by atoms with Gasteiger partial charge in [0.2, 0.25) is 0 Å². The lowest BCUT2D eigenvalue weighted by Crippen LogP contribution is -2.27. The van der Waals surface area contributed by atoms with Crippen molar-refractivity contribution >= 4 is 44.9 Å². The standard InChI is InChI=1S/C15H13Cl2NO4S/c1-18(23(20,21)12-6-4-11(16)5-7-12)14-9-10(15(19)22-2)3-8-13(14)17/h3-9H,1-2H3. The van der Waals surface area contributed by atoms with Crippen LogP contribution in [0, 0.1) is 0 Å². The Bertz CT molecular complexity index is 835. The van der Waals surface area contributed by atoms with E-state index in [-0.39, 0.29) is 21.2 Å². The van der Waals surface area contributed by atoms with Gasteiger partial charge in [-0.15, -0.1) is 0 Å². The fourth-order valence-electron chi connectivity index (χ4n) is 1.89. The van der Waals surface area contributed by atoms with E-state index in [1.807, 2.05) is 0 Å². The van der Waals surface area contributed by atoms with Gasteiger partial charge in [0.1, 0.15) is 0 Å². The van der Waals surface area contributed by atoms with E-state index in [0.29, 0.717) is 5.02 Å². The summed E-state index contributed by atoms with van der Waals surface area (Å²) in [5.41, 5.74) is 0.370. The van der Waals surface area contributed by atoms with Gasteiger partial charge in [0, 0.05) is 12.1 Å². The van der Waals surface area contributed by atoms with E-state index in [1.54, 1.807) is 0 Å². The molecule has 0 saturated carbocycles. The molecule has 0 saturated heterocycles. The maximum Gasteiger partial charge on any atom is 0.337 e. The summed E-state index contributed by atoms with van der Waals surface area (Å²) in [7, 11) is -1.25. The van der Waals surface area contributed by atoms with Gasteiger partial charge >= 0.3 is 5.97 Å². The smallest absolute Gasteiger partial charge is 0.337 e. The number of esters is 1. The molecule has 23 heavy (non-hydrogen) atoms. The zero-order valence-electron chi connectivity index (χ0n) is 12.3. The molecule has 0 aromatic heterocycles. The summed E-state index contributed by atoms with van der Waals surface area (Å²) < 4.78 is 30.9. The summed E-state index contributed by atoms with van der Waals surface area (Å²) in [6.45, 7) is 0. The van der Waals surface area contributed by atoms with Gasteiger partial charge in [-0.2, -0.15) is 0 Å². The highest BCUT2D eigenvalue weighted by Crippen LogP contribution is 2.30. The summed E-state index contributed by atoms with van der Waals surface area (Å²) in [4.78, 5) is 11.7. The number of hydrogen-bond acceptors (Lipinski definition) is 4. The van der Waals surface area contributed by atoms with Gasteiger partial charge in [0.05, 0.1) is 28.3 Å². The number of carbonyl (C=O) groups is 1. The van der Waals surface area contributed by atoms with Crippen LogP contribution >= 0.6 is 23.2 Å². The molecule has 2 aromatic carbocycles. The van der Waals surface area contributed by atoms with Gasteiger partial charge in [-0.05, 0) is 42.5 Å². The predicted molar refractivity (Wildman–Crippen MR) is 89.8 cm³/mol. The lowest BCUT2D eigenvalue weighted by Gasteiger charge is -2.21.